The summed E-state index contributed by atoms with van der Waals surface area (Å²) in [4.78, 5) is 0. The fourth-order valence-electron chi connectivity index (χ4n) is 3.21. The van der Waals surface area contributed by atoms with Gasteiger partial charge in [0.15, 0.2) is 0 Å². The van der Waals surface area contributed by atoms with Gasteiger partial charge in [-0.05, 0) is 69.2 Å². The Hall–Kier alpha value is -1.60. The van der Waals surface area contributed by atoms with Crippen molar-refractivity contribution in [1.82, 2.24) is 0 Å². The molecule has 1 heteroatoms. The van der Waals surface area contributed by atoms with Crippen LogP contribution in [0.5, 0.6) is 0 Å². The van der Waals surface area contributed by atoms with Crippen LogP contribution < -0.4 is 5.73 Å². The van der Waals surface area contributed by atoms with Crippen LogP contribution in [0.4, 0.5) is 0 Å². The molecule has 0 aromatic heterocycles. The standard InChI is InChI=1S/C20H27N/c1-15-8-5-10-17(14-15)11-7-13-18-12-6-9-16(2)19(18)20(3,4)21/h5-6,8-10,12,14H,7,11,13,21H2,1-4H3. The van der Waals surface area contributed by atoms with Gasteiger partial charge < -0.3 is 5.73 Å². The summed E-state index contributed by atoms with van der Waals surface area (Å²) in [6.07, 6.45) is 3.38. The van der Waals surface area contributed by atoms with Crippen molar-refractivity contribution in [3.8, 4) is 0 Å². The first kappa shape index (κ1) is 15.8. The maximum atomic E-state index is 6.36. The van der Waals surface area contributed by atoms with Crippen molar-refractivity contribution < 1.29 is 0 Å². The summed E-state index contributed by atoms with van der Waals surface area (Å²) >= 11 is 0. The second-order valence-corrected chi connectivity index (χ2v) is 6.67. The van der Waals surface area contributed by atoms with Gasteiger partial charge in [0.05, 0.1) is 0 Å². The van der Waals surface area contributed by atoms with E-state index >= 15 is 0 Å². The molecule has 2 aromatic rings. The van der Waals surface area contributed by atoms with E-state index in [4.69, 9.17) is 5.73 Å². The lowest BCUT2D eigenvalue weighted by atomic mass is 9.85. The Morgan fingerprint density at radius 3 is 2.33 bits per heavy atom. The van der Waals surface area contributed by atoms with Crippen molar-refractivity contribution in [3.05, 3.63) is 70.3 Å². The molecule has 0 atom stereocenters. The average Bonchev–Trinajstić information content (AvgIpc) is 2.37. The van der Waals surface area contributed by atoms with E-state index in [1.54, 1.807) is 0 Å². The molecule has 0 aliphatic carbocycles. The lowest BCUT2D eigenvalue weighted by Crippen LogP contribution is -2.31. The Balaban J connectivity index is 2.09. The summed E-state index contributed by atoms with van der Waals surface area (Å²) < 4.78 is 0. The highest BCUT2D eigenvalue weighted by Gasteiger charge is 2.20. The minimum atomic E-state index is -0.274. The quantitative estimate of drug-likeness (QED) is 0.846. The van der Waals surface area contributed by atoms with Gasteiger partial charge in [0, 0.05) is 5.54 Å². The highest BCUT2D eigenvalue weighted by Crippen LogP contribution is 2.26. The second-order valence-electron chi connectivity index (χ2n) is 6.67. The number of rotatable bonds is 5. The third-order valence-corrected chi connectivity index (χ3v) is 4.00. The molecule has 0 spiro atoms. The van der Waals surface area contributed by atoms with Crippen molar-refractivity contribution in [2.75, 3.05) is 0 Å². The van der Waals surface area contributed by atoms with Gasteiger partial charge in [0.25, 0.3) is 0 Å². The summed E-state index contributed by atoms with van der Waals surface area (Å²) in [5.41, 5.74) is 12.9. The molecule has 0 heterocycles. The van der Waals surface area contributed by atoms with Gasteiger partial charge in [-0.3, -0.25) is 0 Å². The van der Waals surface area contributed by atoms with Crippen LogP contribution in [0.1, 0.15) is 48.1 Å². The molecule has 0 amide bonds. The summed E-state index contributed by atoms with van der Waals surface area (Å²) in [6, 6.07) is 15.3. The van der Waals surface area contributed by atoms with Crippen LogP contribution in [0.2, 0.25) is 0 Å². The maximum absolute atomic E-state index is 6.36. The van der Waals surface area contributed by atoms with Crippen LogP contribution in [0, 0.1) is 13.8 Å². The first-order chi connectivity index (χ1) is 9.88. The fraction of sp³-hybridized carbons (Fsp3) is 0.400. The summed E-state index contributed by atoms with van der Waals surface area (Å²) in [5.74, 6) is 0. The molecule has 0 saturated carbocycles. The van der Waals surface area contributed by atoms with E-state index in [-0.39, 0.29) is 5.54 Å². The summed E-state index contributed by atoms with van der Waals surface area (Å²) in [5, 5.41) is 0. The molecule has 0 radical (unpaired) electrons. The van der Waals surface area contributed by atoms with Crippen molar-refractivity contribution >= 4 is 0 Å². The molecule has 0 saturated heterocycles. The molecule has 112 valence electrons. The summed E-state index contributed by atoms with van der Waals surface area (Å²) in [6.45, 7) is 8.51. The van der Waals surface area contributed by atoms with Crippen LogP contribution in [-0.4, -0.2) is 0 Å². The molecular formula is C20H27N. The third-order valence-electron chi connectivity index (χ3n) is 4.00. The molecule has 0 aliphatic heterocycles. The fourth-order valence-corrected chi connectivity index (χ4v) is 3.21. The Morgan fingerprint density at radius 1 is 0.952 bits per heavy atom. The highest BCUT2D eigenvalue weighted by atomic mass is 14.7. The van der Waals surface area contributed by atoms with E-state index in [1.165, 1.54) is 27.8 Å². The molecule has 0 unspecified atom stereocenters. The monoisotopic (exact) mass is 281 g/mol. The largest absolute Gasteiger partial charge is 0.322 e. The van der Waals surface area contributed by atoms with Gasteiger partial charge in [0.1, 0.15) is 0 Å². The molecule has 2 aromatic carbocycles. The zero-order chi connectivity index (χ0) is 15.5. The van der Waals surface area contributed by atoms with E-state index < -0.39 is 0 Å². The minimum absolute atomic E-state index is 0.274. The molecular weight excluding hydrogens is 254 g/mol. The molecule has 2 rings (SSSR count). The van der Waals surface area contributed by atoms with Crippen molar-refractivity contribution in [3.63, 3.8) is 0 Å². The van der Waals surface area contributed by atoms with Crippen LogP contribution in [0.25, 0.3) is 0 Å². The Labute approximate surface area is 129 Å². The maximum Gasteiger partial charge on any atom is 0.0357 e. The smallest absolute Gasteiger partial charge is 0.0357 e. The van der Waals surface area contributed by atoms with E-state index in [1.807, 2.05) is 0 Å². The number of benzene rings is 2. The van der Waals surface area contributed by atoms with E-state index in [9.17, 15) is 0 Å². The zero-order valence-corrected chi connectivity index (χ0v) is 13.7. The van der Waals surface area contributed by atoms with Crippen molar-refractivity contribution in [1.29, 1.82) is 0 Å². The number of aryl methyl sites for hydroxylation is 4. The lowest BCUT2D eigenvalue weighted by Gasteiger charge is -2.25. The second kappa shape index (κ2) is 6.44. The molecule has 0 fully saturated rings. The molecule has 2 N–H and O–H groups in total. The normalized spacial score (nSPS) is 11.7. The Morgan fingerprint density at radius 2 is 1.67 bits per heavy atom. The van der Waals surface area contributed by atoms with Crippen LogP contribution in [0.3, 0.4) is 0 Å². The van der Waals surface area contributed by atoms with Gasteiger partial charge in [-0.15, -0.1) is 0 Å². The molecule has 21 heavy (non-hydrogen) atoms. The van der Waals surface area contributed by atoms with Crippen LogP contribution in [-0.2, 0) is 18.4 Å². The molecule has 0 aliphatic rings. The van der Waals surface area contributed by atoms with Gasteiger partial charge in [-0.25, -0.2) is 0 Å². The SMILES string of the molecule is Cc1cccc(CCCc2cccc(C)c2C(C)(C)N)c1. The van der Waals surface area contributed by atoms with Gasteiger partial charge in [0.2, 0.25) is 0 Å². The first-order valence-corrected chi connectivity index (χ1v) is 7.81. The van der Waals surface area contributed by atoms with E-state index in [0.29, 0.717) is 0 Å². The predicted octanol–water partition coefficient (Wildman–Crippen LogP) is 4.67. The topological polar surface area (TPSA) is 26.0 Å². The summed E-state index contributed by atoms with van der Waals surface area (Å²) in [7, 11) is 0. The molecule has 1 nitrogen and oxygen atoms in total. The van der Waals surface area contributed by atoms with Gasteiger partial charge >= 0.3 is 0 Å². The number of nitrogens with two attached hydrogens (primary N) is 1. The average molecular weight is 281 g/mol. The Bertz CT molecular complexity index is 605. The van der Waals surface area contributed by atoms with E-state index in [0.717, 1.165) is 19.3 Å². The third kappa shape index (κ3) is 4.18. The van der Waals surface area contributed by atoms with Crippen LogP contribution >= 0.6 is 0 Å². The van der Waals surface area contributed by atoms with Gasteiger partial charge in [-0.1, -0.05) is 48.0 Å². The minimum Gasteiger partial charge on any atom is -0.322 e. The van der Waals surface area contributed by atoms with Crippen molar-refractivity contribution in [2.45, 2.75) is 52.5 Å². The predicted molar refractivity (Wildman–Crippen MR) is 91.6 cm³/mol. The zero-order valence-electron chi connectivity index (χ0n) is 13.7. The van der Waals surface area contributed by atoms with Gasteiger partial charge in [-0.2, -0.15) is 0 Å². The number of hydrogen-bond donors (Lipinski definition) is 1. The van der Waals surface area contributed by atoms with Crippen LogP contribution in [0.15, 0.2) is 42.5 Å². The highest BCUT2D eigenvalue weighted by molar-refractivity contribution is 5.39. The first-order valence-electron chi connectivity index (χ1n) is 7.81. The Kier molecular flexibility index (Phi) is 4.84. The molecule has 0 bridgehead atoms. The number of hydrogen-bond acceptors (Lipinski definition) is 1. The van der Waals surface area contributed by atoms with E-state index in [2.05, 4.69) is 70.2 Å². The van der Waals surface area contributed by atoms with Crippen molar-refractivity contribution in [2.24, 2.45) is 5.73 Å². The lowest BCUT2D eigenvalue weighted by molar-refractivity contribution is 0.542.